The molecule has 3 aromatic carbocycles. The Morgan fingerprint density at radius 1 is 1.03 bits per heavy atom. The number of amides is 1. The number of halogens is 1. The third kappa shape index (κ3) is 4.42. The predicted octanol–water partition coefficient (Wildman–Crippen LogP) is 5.99. The molecule has 0 N–H and O–H groups in total. The van der Waals surface area contributed by atoms with Crippen LogP contribution in [0.3, 0.4) is 0 Å². The summed E-state index contributed by atoms with van der Waals surface area (Å²) in [6.45, 7) is 6.66. The Kier molecular flexibility index (Phi) is 6.52. The van der Waals surface area contributed by atoms with Crippen LogP contribution in [0.2, 0.25) is 0 Å². The Bertz CT molecular complexity index is 1680. The zero-order valence-corrected chi connectivity index (χ0v) is 22.7. The van der Waals surface area contributed by atoms with E-state index in [2.05, 4.69) is 22.5 Å². The molecule has 0 saturated heterocycles. The Morgan fingerprint density at radius 2 is 1.87 bits per heavy atom. The molecule has 4 aromatic rings. The van der Waals surface area contributed by atoms with Gasteiger partial charge in [0.05, 0.1) is 23.6 Å². The molecule has 0 radical (unpaired) electrons. The van der Waals surface area contributed by atoms with Crippen molar-refractivity contribution in [1.82, 2.24) is 4.90 Å². The van der Waals surface area contributed by atoms with Crippen LogP contribution in [-0.4, -0.2) is 30.8 Å². The summed E-state index contributed by atoms with van der Waals surface area (Å²) in [5, 5.41) is 0.391. The number of carbonyl (C=O) groups is 1. The maximum atomic E-state index is 13.9. The zero-order chi connectivity index (χ0) is 27.1. The summed E-state index contributed by atoms with van der Waals surface area (Å²) < 4.78 is 29.4. The molecule has 9 heteroatoms. The van der Waals surface area contributed by atoms with Gasteiger partial charge in [0.1, 0.15) is 12.2 Å². The van der Waals surface area contributed by atoms with Gasteiger partial charge in [-0.05, 0) is 60.5 Å². The first kappa shape index (κ1) is 25.1. The molecule has 0 bridgehead atoms. The van der Waals surface area contributed by atoms with E-state index < -0.39 is 6.04 Å². The number of fused-ring (bicyclic) bond motifs is 3. The van der Waals surface area contributed by atoms with Gasteiger partial charge in [0.25, 0.3) is 5.91 Å². The van der Waals surface area contributed by atoms with E-state index in [1.165, 1.54) is 0 Å². The molecule has 198 valence electrons. The summed E-state index contributed by atoms with van der Waals surface area (Å²) in [5.41, 5.74) is 1.89. The smallest absolute Gasteiger partial charge is 0.291 e. The standard InChI is InChI=1S/C30H24BrNO7/c1-3-11-36-22-9-6-18(13-25(22)35-4-2)27-26-28(33)20-14-19(31)7-10-21(20)39-29(26)30(34)32(27)15-17-5-8-23-24(12-17)38-16-37-23/h3,5-10,12-14,27H,1,4,11,15-16H2,2H3. The van der Waals surface area contributed by atoms with Gasteiger partial charge in [-0.15, -0.1) is 0 Å². The lowest BCUT2D eigenvalue weighted by Crippen LogP contribution is -2.29. The summed E-state index contributed by atoms with van der Waals surface area (Å²) in [4.78, 5) is 29.4. The van der Waals surface area contributed by atoms with E-state index in [4.69, 9.17) is 23.4 Å². The molecule has 1 aromatic heterocycles. The van der Waals surface area contributed by atoms with E-state index in [1.54, 1.807) is 35.2 Å². The molecule has 0 spiro atoms. The molecule has 1 atom stereocenters. The second kappa shape index (κ2) is 10.1. The Morgan fingerprint density at radius 3 is 2.69 bits per heavy atom. The van der Waals surface area contributed by atoms with Gasteiger partial charge in [0.2, 0.25) is 12.6 Å². The fraction of sp³-hybridized carbons (Fsp3) is 0.200. The maximum Gasteiger partial charge on any atom is 0.291 e. The average Bonchev–Trinajstić information content (AvgIpc) is 3.51. The van der Waals surface area contributed by atoms with Gasteiger partial charge in [-0.25, -0.2) is 0 Å². The first-order valence-electron chi connectivity index (χ1n) is 12.4. The lowest BCUT2D eigenvalue weighted by molar-refractivity contribution is 0.0714. The van der Waals surface area contributed by atoms with Crippen molar-refractivity contribution in [1.29, 1.82) is 0 Å². The molecule has 2 aliphatic heterocycles. The van der Waals surface area contributed by atoms with E-state index in [1.807, 2.05) is 37.3 Å². The largest absolute Gasteiger partial charge is 0.490 e. The van der Waals surface area contributed by atoms with E-state index in [9.17, 15) is 9.59 Å². The monoisotopic (exact) mass is 589 g/mol. The number of hydrogen-bond donors (Lipinski definition) is 0. The Balaban J connectivity index is 1.51. The van der Waals surface area contributed by atoms with Crippen LogP contribution >= 0.6 is 15.9 Å². The molecular weight excluding hydrogens is 566 g/mol. The molecule has 8 nitrogen and oxygen atoms in total. The lowest BCUT2D eigenvalue weighted by Gasteiger charge is -2.26. The van der Waals surface area contributed by atoms with Crippen molar-refractivity contribution in [3.63, 3.8) is 0 Å². The highest BCUT2D eigenvalue weighted by Gasteiger charge is 2.43. The van der Waals surface area contributed by atoms with Crippen LogP contribution in [0.4, 0.5) is 0 Å². The number of ether oxygens (including phenoxy) is 4. The van der Waals surface area contributed by atoms with E-state index in [-0.39, 0.29) is 36.0 Å². The van der Waals surface area contributed by atoms with Gasteiger partial charge in [-0.3, -0.25) is 9.59 Å². The number of hydrogen-bond acceptors (Lipinski definition) is 7. The molecule has 3 heterocycles. The fourth-order valence-electron chi connectivity index (χ4n) is 4.97. The number of rotatable bonds is 8. The van der Waals surface area contributed by atoms with Crippen LogP contribution in [0.15, 0.2) is 80.9 Å². The molecule has 2 aliphatic rings. The summed E-state index contributed by atoms with van der Waals surface area (Å²) in [7, 11) is 0. The van der Waals surface area contributed by atoms with E-state index in [0.29, 0.717) is 52.7 Å². The highest BCUT2D eigenvalue weighted by atomic mass is 79.9. The normalized spacial score (nSPS) is 15.5. The van der Waals surface area contributed by atoms with Crippen molar-refractivity contribution >= 4 is 32.8 Å². The summed E-state index contributed by atoms with van der Waals surface area (Å²) >= 11 is 3.44. The van der Waals surface area contributed by atoms with Crippen molar-refractivity contribution in [3.05, 3.63) is 104 Å². The van der Waals surface area contributed by atoms with Gasteiger partial charge in [0.15, 0.2) is 28.4 Å². The SMILES string of the molecule is C=CCOc1ccc(C2c3c(oc4ccc(Br)cc4c3=O)C(=O)N2Cc2ccc3c(c2)OCO3)cc1OCC. The first-order valence-corrected chi connectivity index (χ1v) is 13.2. The van der Waals surface area contributed by atoms with Gasteiger partial charge in [-0.1, -0.05) is 40.7 Å². The van der Waals surface area contributed by atoms with Gasteiger partial charge in [-0.2, -0.15) is 0 Å². The number of carbonyl (C=O) groups excluding carboxylic acids is 1. The highest BCUT2D eigenvalue weighted by molar-refractivity contribution is 9.10. The quantitative estimate of drug-likeness (QED) is 0.233. The molecular formula is C30H24BrNO7. The topological polar surface area (TPSA) is 87.4 Å². The molecule has 6 rings (SSSR count). The number of nitrogens with zero attached hydrogens (tertiary/aromatic N) is 1. The highest BCUT2D eigenvalue weighted by Crippen LogP contribution is 2.42. The van der Waals surface area contributed by atoms with Crippen LogP contribution in [0.1, 0.15) is 40.2 Å². The van der Waals surface area contributed by atoms with Crippen molar-refractivity contribution in [2.24, 2.45) is 0 Å². The summed E-state index contributed by atoms with van der Waals surface area (Å²) in [5.74, 6) is 1.97. The van der Waals surface area contributed by atoms with Crippen LogP contribution < -0.4 is 24.4 Å². The molecule has 1 unspecified atom stereocenters. The minimum Gasteiger partial charge on any atom is -0.490 e. The van der Waals surface area contributed by atoms with E-state index >= 15 is 0 Å². The lowest BCUT2D eigenvalue weighted by atomic mass is 9.97. The Hall–Kier alpha value is -4.24. The van der Waals surface area contributed by atoms with Gasteiger partial charge in [0, 0.05) is 11.0 Å². The van der Waals surface area contributed by atoms with Crippen LogP contribution in [-0.2, 0) is 6.54 Å². The third-order valence-corrected chi connectivity index (χ3v) is 7.15. The van der Waals surface area contributed by atoms with Crippen molar-refractivity contribution in [2.75, 3.05) is 20.0 Å². The van der Waals surface area contributed by atoms with Crippen molar-refractivity contribution in [3.8, 4) is 23.0 Å². The van der Waals surface area contributed by atoms with Crippen molar-refractivity contribution in [2.45, 2.75) is 19.5 Å². The summed E-state index contributed by atoms with van der Waals surface area (Å²) in [6, 6.07) is 15.4. The average molecular weight is 590 g/mol. The van der Waals surface area contributed by atoms with Gasteiger partial charge >= 0.3 is 0 Å². The molecule has 39 heavy (non-hydrogen) atoms. The zero-order valence-electron chi connectivity index (χ0n) is 21.1. The predicted molar refractivity (Wildman–Crippen MR) is 148 cm³/mol. The molecule has 0 saturated carbocycles. The van der Waals surface area contributed by atoms with Crippen LogP contribution in [0.25, 0.3) is 11.0 Å². The number of benzene rings is 3. The molecule has 1 amide bonds. The minimum atomic E-state index is -0.717. The fourth-order valence-corrected chi connectivity index (χ4v) is 5.33. The van der Waals surface area contributed by atoms with Crippen LogP contribution in [0, 0.1) is 0 Å². The second-order valence-electron chi connectivity index (χ2n) is 9.08. The minimum absolute atomic E-state index is 0.0329. The first-order chi connectivity index (χ1) is 19.0. The second-order valence-corrected chi connectivity index (χ2v) is 9.99. The molecule has 0 aliphatic carbocycles. The Labute approximate surface area is 232 Å². The van der Waals surface area contributed by atoms with Gasteiger partial charge < -0.3 is 28.3 Å². The third-order valence-electron chi connectivity index (χ3n) is 6.66. The maximum absolute atomic E-state index is 13.9. The molecule has 0 fully saturated rings. The van der Waals surface area contributed by atoms with Crippen molar-refractivity contribution < 1.29 is 28.2 Å². The summed E-state index contributed by atoms with van der Waals surface area (Å²) in [6.07, 6.45) is 1.65. The van der Waals surface area contributed by atoms with E-state index in [0.717, 1.165) is 10.0 Å². The van der Waals surface area contributed by atoms with Crippen LogP contribution in [0.5, 0.6) is 23.0 Å².